The van der Waals surface area contributed by atoms with E-state index in [9.17, 15) is 13.2 Å². The van der Waals surface area contributed by atoms with Crippen LogP contribution in [0, 0.1) is 0 Å². The Bertz CT molecular complexity index is 831. The van der Waals surface area contributed by atoms with E-state index in [1.807, 2.05) is 30.3 Å². The van der Waals surface area contributed by atoms with Gasteiger partial charge in [0, 0.05) is 18.0 Å². The summed E-state index contributed by atoms with van der Waals surface area (Å²) in [6, 6.07) is 9.39. The zero-order valence-corrected chi connectivity index (χ0v) is 15.9. The molecule has 0 saturated carbocycles. The number of sulfone groups is 1. The van der Waals surface area contributed by atoms with Gasteiger partial charge in [0.05, 0.1) is 16.5 Å². The highest BCUT2D eigenvalue weighted by Crippen LogP contribution is 2.23. The van der Waals surface area contributed by atoms with E-state index in [0.717, 1.165) is 23.4 Å². The van der Waals surface area contributed by atoms with Gasteiger partial charge in [-0.2, -0.15) is 0 Å². The molecule has 1 atom stereocenters. The number of hydrogen-bond acceptors (Lipinski definition) is 5. The van der Waals surface area contributed by atoms with Crippen LogP contribution in [0.4, 0.5) is 0 Å². The average Bonchev–Trinajstić information content (AvgIpc) is 3.20. The Morgan fingerprint density at radius 2 is 2.08 bits per heavy atom. The van der Waals surface area contributed by atoms with Crippen molar-refractivity contribution in [2.75, 3.05) is 11.5 Å². The summed E-state index contributed by atoms with van der Waals surface area (Å²) < 4.78 is 23.8. The first-order valence-corrected chi connectivity index (χ1v) is 11.2. The molecule has 7 heteroatoms. The van der Waals surface area contributed by atoms with E-state index in [-0.39, 0.29) is 23.5 Å². The number of aromatic nitrogens is 1. The van der Waals surface area contributed by atoms with Gasteiger partial charge < -0.3 is 4.90 Å². The molecule has 2 aromatic rings. The van der Waals surface area contributed by atoms with E-state index >= 15 is 0 Å². The maximum atomic E-state index is 13.0. The average molecular weight is 379 g/mol. The minimum atomic E-state index is -3.06. The molecule has 1 aromatic heterocycles. The molecule has 0 bridgehead atoms. The van der Waals surface area contributed by atoms with E-state index in [2.05, 4.69) is 11.9 Å². The molecule has 1 saturated heterocycles. The molecule has 0 N–H and O–H groups in total. The van der Waals surface area contributed by atoms with Gasteiger partial charge in [-0.15, -0.1) is 11.3 Å². The van der Waals surface area contributed by atoms with Crippen LogP contribution in [0.1, 0.15) is 40.8 Å². The molecular formula is C18H22N2O3S2. The van der Waals surface area contributed by atoms with E-state index in [4.69, 9.17) is 0 Å². The largest absolute Gasteiger partial charge is 0.329 e. The van der Waals surface area contributed by atoms with Crippen molar-refractivity contribution in [1.82, 2.24) is 9.88 Å². The Balaban J connectivity index is 1.85. The third kappa shape index (κ3) is 4.46. The predicted molar refractivity (Wildman–Crippen MR) is 99.5 cm³/mol. The first kappa shape index (κ1) is 18.1. The zero-order valence-electron chi connectivity index (χ0n) is 14.2. The molecule has 0 spiro atoms. The zero-order chi connectivity index (χ0) is 17.9. The van der Waals surface area contributed by atoms with Crippen molar-refractivity contribution < 1.29 is 13.2 Å². The Kier molecular flexibility index (Phi) is 5.54. The second kappa shape index (κ2) is 7.66. The summed E-state index contributed by atoms with van der Waals surface area (Å²) in [6.07, 6.45) is 2.33. The Morgan fingerprint density at radius 1 is 1.32 bits per heavy atom. The lowest BCUT2D eigenvalue weighted by Gasteiger charge is -2.27. The van der Waals surface area contributed by atoms with Gasteiger partial charge in [-0.3, -0.25) is 4.79 Å². The van der Waals surface area contributed by atoms with Crippen molar-refractivity contribution in [2.24, 2.45) is 0 Å². The summed E-state index contributed by atoms with van der Waals surface area (Å²) in [7, 11) is -3.06. The number of nitrogens with zero attached hydrogens (tertiary/aromatic N) is 2. The second-order valence-corrected chi connectivity index (χ2v) is 9.52. The Morgan fingerprint density at radius 3 is 2.72 bits per heavy atom. The highest BCUT2D eigenvalue weighted by Gasteiger charge is 2.35. The fraction of sp³-hybridized carbons (Fsp3) is 0.444. The number of amides is 1. The van der Waals surface area contributed by atoms with Crippen molar-refractivity contribution in [3.63, 3.8) is 0 Å². The molecule has 1 aliphatic heterocycles. The summed E-state index contributed by atoms with van der Waals surface area (Å²) in [5, 5.41) is 2.74. The van der Waals surface area contributed by atoms with Gasteiger partial charge in [-0.05, 0) is 24.8 Å². The number of benzene rings is 1. The Hall–Kier alpha value is -1.73. The molecule has 0 aliphatic carbocycles. The van der Waals surface area contributed by atoms with Crippen LogP contribution in [0.2, 0.25) is 0 Å². The van der Waals surface area contributed by atoms with Crippen molar-refractivity contribution in [3.05, 3.63) is 52.0 Å². The third-order valence-corrected chi connectivity index (χ3v) is 7.00. The summed E-state index contributed by atoms with van der Waals surface area (Å²) >= 11 is 1.49. The van der Waals surface area contributed by atoms with Crippen LogP contribution in [0.5, 0.6) is 0 Å². The number of carbonyl (C=O) groups excluding carboxylic acids is 1. The number of thiazole rings is 1. The third-order valence-electron chi connectivity index (χ3n) is 4.34. The first-order chi connectivity index (χ1) is 12.0. The summed E-state index contributed by atoms with van der Waals surface area (Å²) in [5.41, 5.74) is 1.41. The van der Waals surface area contributed by atoms with Gasteiger partial charge in [0.15, 0.2) is 9.84 Å². The molecule has 5 nitrogen and oxygen atoms in total. The van der Waals surface area contributed by atoms with Crippen LogP contribution >= 0.6 is 11.3 Å². The minimum Gasteiger partial charge on any atom is -0.329 e. The van der Waals surface area contributed by atoms with Crippen molar-refractivity contribution in [3.8, 4) is 0 Å². The number of aryl methyl sites for hydroxylation is 1. The molecule has 1 fully saturated rings. The fourth-order valence-electron chi connectivity index (χ4n) is 3.05. The molecule has 1 unspecified atom stereocenters. The lowest BCUT2D eigenvalue weighted by molar-refractivity contribution is 0.0675. The first-order valence-electron chi connectivity index (χ1n) is 8.48. The highest BCUT2D eigenvalue weighted by molar-refractivity contribution is 7.91. The number of hydrogen-bond donors (Lipinski definition) is 0. The van der Waals surface area contributed by atoms with E-state index in [1.165, 1.54) is 11.3 Å². The van der Waals surface area contributed by atoms with Crippen LogP contribution in [0.3, 0.4) is 0 Å². The maximum Gasteiger partial charge on any atom is 0.273 e. The van der Waals surface area contributed by atoms with Crippen molar-refractivity contribution >= 4 is 27.1 Å². The van der Waals surface area contributed by atoms with Crippen LogP contribution in [0.15, 0.2) is 35.7 Å². The normalized spacial score (nSPS) is 19.0. The lowest BCUT2D eigenvalue weighted by atomic mass is 10.1. The van der Waals surface area contributed by atoms with Gasteiger partial charge in [0.2, 0.25) is 0 Å². The van der Waals surface area contributed by atoms with E-state index in [1.54, 1.807) is 10.3 Å². The minimum absolute atomic E-state index is 0.0392. The maximum absolute atomic E-state index is 13.0. The lowest BCUT2D eigenvalue weighted by Crippen LogP contribution is -2.40. The van der Waals surface area contributed by atoms with Gasteiger partial charge in [-0.25, -0.2) is 13.4 Å². The molecule has 1 aliphatic rings. The summed E-state index contributed by atoms with van der Waals surface area (Å²) in [6.45, 7) is 2.48. The fourth-order valence-corrected chi connectivity index (χ4v) is 5.66. The SMILES string of the molecule is CCCc1nc(C(=O)N(Cc2ccccc2)C2CCS(=O)(=O)C2)cs1. The van der Waals surface area contributed by atoms with Crippen LogP contribution in [0.25, 0.3) is 0 Å². The van der Waals surface area contributed by atoms with E-state index < -0.39 is 9.84 Å². The smallest absolute Gasteiger partial charge is 0.273 e. The molecule has 2 heterocycles. The summed E-state index contributed by atoms with van der Waals surface area (Å²) in [5.74, 6) is 0.0101. The highest BCUT2D eigenvalue weighted by atomic mass is 32.2. The molecule has 134 valence electrons. The molecule has 1 aromatic carbocycles. The predicted octanol–water partition coefficient (Wildman–Crippen LogP) is 2.93. The molecule has 1 amide bonds. The molecule has 3 rings (SSSR count). The van der Waals surface area contributed by atoms with Gasteiger partial charge in [0.25, 0.3) is 5.91 Å². The molecule has 0 radical (unpaired) electrons. The molecule has 25 heavy (non-hydrogen) atoms. The van der Waals surface area contributed by atoms with Gasteiger partial charge in [-0.1, -0.05) is 37.3 Å². The monoisotopic (exact) mass is 378 g/mol. The van der Waals surface area contributed by atoms with Crippen molar-refractivity contribution in [1.29, 1.82) is 0 Å². The number of carbonyl (C=O) groups is 1. The van der Waals surface area contributed by atoms with Gasteiger partial charge >= 0.3 is 0 Å². The topological polar surface area (TPSA) is 67.3 Å². The van der Waals surface area contributed by atoms with E-state index in [0.29, 0.717) is 18.7 Å². The van der Waals surface area contributed by atoms with Crippen LogP contribution < -0.4 is 0 Å². The second-order valence-electron chi connectivity index (χ2n) is 6.35. The molecular weight excluding hydrogens is 356 g/mol. The van der Waals surface area contributed by atoms with Crippen LogP contribution in [-0.2, 0) is 22.8 Å². The summed E-state index contributed by atoms with van der Waals surface area (Å²) in [4.78, 5) is 19.2. The number of rotatable bonds is 6. The van der Waals surface area contributed by atoms with Crippen LogP contribution in [-0.4, -0.2) is 41.8 Å². The Labute approximate surface area is 152 Å². The quantitative estimate of drug-likeness (QED) is 0.775. The standard InChI is InChI=1S/C18H22N2O3S2/c1-2-6-17-19-16(12-24-17)18(21)20(11-14-7-4-3-5-8-14)15-9-10-25(22,23)13-15/h3-5,7-8,12,15H,2,6,9-11,13H2,1H3. The van der Waals surface area contributed by atoms with Gasteiger partial charge in [0.1, 0.15) is 5.69 Å². The van der Waals surface area contributed by atoms with Crippen molar-refractivity contribution in [2.45, 2.75) is 38.8 Å².